The summed E-state index contributed by atoms with van der Waals surface area (Å²) in [7, 11) is 1.46. The lowest BCUT2D eigenvalue weighted by Crippen LogP contribution is -2.10. The van der Waals surface area contributed by atoms with Crippen LogP contribution >= 0.6 is 23.2 Å². The third kappa shape index (κ3) is 2.90. The van der Waals surface area contributed by atoms with Crippen molar-refractivity contribution < 1.29 is 14.3 Å². The highest BCUT2D eigenvalue weighted by molar-refractivity contribution is 6.35. The van der Waals surface area contributed by atoms with Gasteiger partial charge in [0.1, 0.15) is 5.56 Å². The molecule has 3 aromatic rings. The number of halogens is 2. The molecule has 2 aromatic heterocycles. The number of nitrogens with zero attached hydrogens (tertiary/aromatic N) is 3. The first-order valence-electron chi connectivity index (χ1n) is 7.09. The van der Waals surface area contributed by atoms with Crippen LogP contribution in [0.25, 0.3) is 16.9 Å². The quantitative estimate of drug-likeness (QED) is 0.656. The average molecular weight is 366 g/mol. The number of hydrogen-bond donors (Lipinski definition) is 0. The number of esters is 1. The molecular weight excluding hydrogens is 353 g/mol. The lowest BCUT2D eigenvalue weighted by molar-refractivity contribution is 0.0522. The van der Waals surface area contributed by atoms with Gasteiger partial charge in [-0.25, -0.2) is 14.3 Å². The number of ether oxygens (including phenoxy) is 2. The topological polar surface area (TPSA) is 65.7 Å². The predicted molar refractivity (Wildman–Crippen MR) is 91.0 cm³/mol. The van der Waals surface area contributed by atoms with Gasteiger partial charge in [0.2, 0.25) is 0 Å². The first-order valence-corrected chi connectivity index (χ1v) is 7.85. The zero-order valence-electron chi connectivity index (χ0n) is 12.9. The van der Waals surface area contributed by atoms with Gasteiger partial charge in [-0.15, -0.1) is 0 Å². The van der Waals surface area contributed by atoms with Gasteiger partial charge in [0.25, 0.3) is 0 Å². The standard InChI is InChI=1S/C16H13Cl2N3O3/c1-3-24-16(22)12-7-20-21-13(8-19-15(21)14(12)23-2)9-4-10(17)6-11(18)5-9/h4-8H,3H2,1-2H3. The van der Waals surface area contributed by atoms with E-state index in [4.69, 9.17) is 32.7 Å². The molecule has 0 spiro atoms. The average Bonchev–Trinajstić information content (AvgIpc) is 2.97. The summed E-state index contributed by atoms with van der Waals surface area (Å²) in [4.78, 5) is 16.3. The van der Waals surface area contributed by atoms with E-state index < -0.39 is 5.97 Å². The van der Waals surface area contributed by atoms with E-state index in [-0.39, 0.29) is 12.2 Å². The summed E-state index contributed by atoms with van der Waals surface area (Å²) in [5.74, 6) is -0.220. The number of carbonyl (C=O) groups is 1. The number of fused-ring (bicyclic) bond motifs is 1. The smallest absolute Gasteiger partial charge is 0.343 e. The molecule has 3 rings (SSSR count). The van der Waals surface area contributed by atoms with Gasteiger partial charge < -0.3 is 9.47 Å². The van der Waals surface area contributed by atoms with Crippen LogP contribution in [0, 0.1) is 0 Å². The number of aromatic nitrogens is 3. The highest BCUT2D eigenvalue weighted by Gasteiger charge is 2.20. The summed E-state index contributed by atoms with van der Waals surface area (Å²) in [6.45, 7) is 1.99. The largest absolute Gasteiger partial charge is 0.492 e. The van der Waals surface area contributed by atoms with E-state index in [9.17, 15) is 4.79 Å². The van der Waals surface area contributed by atoms with Crippen molar-refractivity contribution >= 4 is 34.8 Å². The minimum absolute atomic E-state index is 0.216. The van der Waals surface area contributed by atoms with Gasteiger partial charge in [0.05, 0.1) is 31.8 Å². The van der Waals surface area contributed by atoms with Crippen LogP contribution in [-0.2, 0) is 4.74 Å². The molecule has 1 aromatic carbocycles. The summed E-state index contributed by atoms with van der Waals surface area (Å²) < 4.78 is 11.9. The maximum Gasteiger partial charge on any atom is 0.343 e. The Hall–Kier alpha value is -2.31. The Morgan fingerprint density at radius 2 is 1.92 bits per heavy atom. The molecule has 0 bridgehead atoms. The summed E-state index contributed by atoms with van der Waals surface area (Å²) in [6.07, 6.45) is 3.00. The molecule has 0 atom stereocenters. The molecule has 0 N–H and O–H groups in total. The number of rotatable bonds is 4. The van der Waals surface area contributed by atoms with Crippen molar-refractivity contribution in [1.82, 2.24) is 14.6 Å². The van der Waals surface area contributed by atoms with E-state index in [2.05, 4.69) is 10.1 Å². The predicted octanol–water partition coefficient (Wildman–Crippen LogP) is 3.89. The van der Waals surface area contributed by atoms with Gasteiger partial charge >= 0.3 is 5.97 Å². The third-order valence-electron chi connectivity index (χ3n) is 3.35. The lowest BCUT2D eigenvalue weighted by atomic mass is 10.2. The van der Waals surface area contributed by atoms with Gasteiger partial charge in [0.15, 0.2) is 11.4 Å². The molecule has 0 unspecified atom stereocenters. The van der Waals surface area contributed by atoms with Gasteiger partial charge in [-0.3, -0.25) is 0 Å². The van der Waals surface area contributed by atoms with Gasteiger partial charge in [-0.05, 0) is 25.1 Å². The van der Waals surface area contributed by atoms with Crippen molar-refractivity contribution in [1.29, 1.82) is 0 Å². The van der Waals surface area contributed by atoms with Crippen LogP contribution in [-0.4, -0.2) is 34.3 Å². The van der Waals surface area contributed by atoms with Crippen LogP contribution in [0.4, 0.5) is 0 Å². The molecule has 24 heavy (non-hydrogen) atoms. The normalized spacial score (nSPS) is 10.8. The second kappa shape index (κ2) is 6.67. The molecule has 6 nitrogen and oxygen atoms in total. The molecular formula is C16H13Cl2N3O3. The first-order chi connectivity index (χ1) is 11.5. The van der Waals surface area contributed by atoms with E-state index in [1.165, 1.54) is 13.3 Å². The van der Waals surface area contributed by atoms with E-state index in [0.29, 0.717) is 27.1 Å². The van der Waals surface area contributed by atoms with Gasteiger partial charge in [-0.1, -0.05) is 23.2 Å². The fourth-order valence-corrected chi connectivity index (χ4v) is 2.89. The van der Waals surface area contributed by atoms with E-state index in [0.717, 1.165) is 5.56 Å². The monoisotopic (exact) mass is 365 g/mol. The van der Waals surface area contributed by atoms with Crippen molar-refractivity contribution in [3.63, 3.8) is 0 Å². The van der Waals surface area contributed by atoms with E-state index >= 15 is 0 Å². The highest BCUT2D eigenvalue weighted by atomic mass is 35.5. The van der Waals surface area contributed by atoms with Crippen molar-refractivity contribution in [3.05, 3.63) is 46.2 Å². The van der Waals surface area contributed by atoms with Gasteiger partial charge in [-0.2, -0.15) is 5.10 Å². The molecule has 0 saturated heterocycles. The van der Waals surface area contributed by atoms with Gasteiger partial charge in [0, 0.05) is 15.6 Å². The molecule has 0 fully saturated rings. The maximum atomic E-state index is 12.0. The second-order valence-corrected chi connectivity index (χ2v) is 5.72. The van der Waals surface area contributed by atoms with Crippen LogP contribution in [0.1, 0.15) is 17.3 Å². The molecule has 0 radical (unpaired) electrons. The Kier molecular flexibility index (Phi) is 4.59. The second-order valence-electron chi connectivity index (χ2n) is 4.85. The number of methoxy groups -OCH3 is 1. The molecule has 8 heteroatoms. The Balaban J connectivity index is 2.18. The molecule has 0 amide bonds. The van der Waals surface area contributed by atoms with Crippen LogP contribution in [0.3, 0.4) is 0 Å². The Morgan fingerprint density at radius 3 is 2.54 bits per heavy atom. The first kappa shape index (κ1) is 16.5. The Labute approximate surface area is 147 Å². The SMILES string of the molecule is CCOC(=O)c1cnn2c(-c3cc(Cl)cc(Cl)c3)cnc2c1OC. The fraction of sp³-hybridized carbons (Fsp3) is 0.188. The molecule has 0 aliphatic rings. The zero-order chi connectivity index (χ0) is 17.3. The van der Waals surface area contributed by atoms with Crippen LogP contribution in [0.5, 0.6) is 5.75 Å². The van der Waals surface area contributed by atoms with Crippen LogP contribution < -0.4 is 4.74 Å². The number of carbonyl (C=O) groups excluding carboxylic acids is 1. The third-order valence-corrected chi connectivity index (χ3v) is 3.78. The summed E-state index contributed by atoms with van der Waals surface area (Å²) in [6, 6.07) is 5.15. The van der Waals surface area contributed by atoms with Crippen molar-refractivity contribution in [2.45, 2.75) is 6.92 Å². The zero-order valence-corrected chi connectivity index (χ0v) is 14.4. The summed E-state index contributed by atoms with van der Waals surface area (Å²) >= 11 is 12.1. The van der Waals surface area contributed by atoms with Crippen molar-refractivity contribution in [2.75, 3.05) is 13.7 Å². The fourth-order valence-electron chi connectivity index (χ4n) is 2.37. The molecule has 124 valence electrons. The number of benzene rings is 1. The number of imidazole rings is 1. The highest BCUT2D eigenvalue weighted by Crippen LogP contribution is 2.31. The lowest BCUT2D eigenvalue weighted by Gasteiger charge is -2.09. The van der Waals surface area contributed by atoms with E-state index in [1.807, 2.05) is 0 Å². The summed E-state index contributed by atoms with van der Waals surface area (Å²) in [5.41, 5.74) is 2.03. The molecule has 0 aliphatic heterocycles. The minimum atomic E-state index is -0.514. The van der Waals surface area contributed by atoms with Crippen LogP contribution in [0.2, 0.25) is 10.0 Å². The van der Waals surface area contributed by atoms with Crippen LogP contribution in [0.15, 0.2) is 30.6 Å². The Bertz CT molecular complexity index is 904. The molecule has 0 saturated carbocycles. The Morgan fingerprint density at radius 1 is 1.21 bits per heavy atom. The van der Waals surface area contributed by atoms with E-state index in [1.54, 1.807) is 35.8 Å². The number of hydrogen-bond acceptors (Lipinski definition) is 5. The van der Waals surface area contributed by atoms with Crippen molar-refractivity contribution in [3.8, 4) is 17.0 Å². The maximum absolute atomic E-state index is 12.0. The summed E-state index contributed by atoms with van der Waals surface area (Å²) in [5, 5.41) is 5.28. The molecule has 2 heterocycles. The molecule has 0 aliphatic carbocycles. The minimum Gasteiger partial charge on any atom is -0.492 e. The van der Waals surface area contributed by atoms with Crippen molar-refractivity contribution in [2.24, 2.45) is 0 Å².